The number of pyridine rings is 2. The number of alkyl halides is 6. The van der Waals surface area contributed by atoms with E-state index in [0.717, 1.165) is 42.6 Å². The number of Topliss-reactive ketones (excluding diaryl/α,β-unsaturated/α-hetero) is 1. The van der Waals surface area contributed by atoms with Crippen LogP contribution in [0.5, 0.6) is 5.75 Å². The summed E-state index contributed by atoms with van der Waals surface area (Å²) in [4.78, 5) is 20.6. The van der Waals surface area contributed by atoms with Crippen molar-refractivity contribution >= 4 is 5.78 Å². The largest absolute Gasteiger partial charge is 0.496 e. The number of nitrogens with zero attached hydrogens (tertiary/aromatic N) is 2. The lowest BCUT2D eigenvalue weighted by atomic mass is 9.86. The molecule has 3 rings (SSSR count). The summed E-state index contributed by atoms with van der Waals surface area (Å²) >= 11 is 0. The Bertz CT molecular complexity index is 1090. The molecule has 32 heavy (non-hydrogen) atoms. The first-order valence-electron chi connectivity index (χ1n) is 9.23. The molecular formula is C22H16F6N2O2. The fourth-order valence-electron chi connectivity index (χ4n) is 3.28. The van der Waals surface area contributed by atoms with Gasteiger partial charge in [0.25, 0.3) is 0 Å². The molecule has 0 saturated heterocycles. The van der Waals surface area contributed by atoms with Crippen LogP contribution >= 0.6 is 0 Å². The lowest BCUT2D eigenvalue weighted by molar-refractivity contribution is -0.139. The molecule has 10 heteroatoms. The maximum Gasteiger partial charge on any atom is 0.418 e. The SMILES string of the molecule is COc1ccncc1C(=O)C[C@@H](c1ccc(C(F)(F)F)cc1)c1ncccc1C(F)(F)F. The molecular weight excluding hydrogens is 438 g/mol. The van der Waals surface area contributed by atoms with Crippen LogP contribution in [-0.2, 0) is 12.4 Å². The summed E-state index contributed by atoms with van der Waals surface area (Å²) in [6.45, 7) is 0. The summed E-state index contributed by atoms with van der Waals surface area (Å²) in [5.41, 5.74) is -2.38. The van der Waals surface area contributed by atoms with Gasteiger partial charge in [0.1, 0.15) is 5.75 Å². The quantitative estimate of drug-likeness (QED) is 0.342. The van der Waals surface area contributed by atoms with Crippen LogP contribution in [0.4, 0.5) is 26.3 Å². The van der Waals surface area contributed by atoms with Crippen molar-refractivity contribution in [3.63, 3.8) is 0 Å². The zero-order chi connectivity index (χ0) is 23.5. The Morgan fingerprint density at radius 1 is 0.969 bits per heavy atom. The number of benzene rings is 1. The smallest absolute Gasteiger partial charge is 0.418 e. The van der Waals surface area contributed by atoms with Crippen LogP contribution in [0.15, 0.2) is 61.1 Å². The van der Waals surface area contributed by atoms with E-state index in [0.29, 0.717) is 0 Å². The monoisotopic (exact) mass is 454 g/mol. The van der Waals surface area contributed by atoms with Crippen LogP contribution in [0, 0.1) is 0 Å². The molecule has 0 unspecified atom stereocenters. The van der Waals surface area contributed by atoms with Gasteiger partial charge in [-0.1, -0.05) is 12.1 Å². The average molecular weight is 454 g/mol. The highest BCUT2D eigenvalue weighted by Gasteiger charge is 2.37. The van der Waals surface area contributed by atoms with Crippen molar-refractivity contribution in [2.45, 2.75) is 24.7 Å². The molecule has 3 aromatic rings. The number of carbonyl (C=O) groups is 1. The molecule has 0 spiro atoms. The Morgan fingerprint density at radius 3 is 2.25 bits per heavy atom. The number of ketones is 1. The van der Waals surface area contributed by atoms with Crippen LogP contribution in [-0.4, -0.2) is 22.9 Å². The van der Waals surface area contributed by atoms with E-state index < -0.39 is 47.3 Å². The lowest BCUT2D eigenvalue weighted by Gasteiger charge is -2.21. The molecule has 0 saturated carbocycles. The first-order chi connectivity index (χ1) is 15.0. The average Bonchev–Trinajstić information content (AvgIpc) is 2.76. The maximum atomic E-state index is 13.6. The van der Waals surface area contributed by atoms with Gasteiger partial charge in [0.05, 0.1) is 29.5 Å². The molecule has 0 radical (unpaired) electrons. The number of hydrogen-bond acceptors (Lipinski definition) is 4. The first kappa shape index (κ1) is 23.2. The minimum absolute atomic E-state index is 0.0383. The lowest BCUT2D eigenvalue weighted by Crippen LogP contribution is -2.18. The molecule has 0 N–H and O–H groups in total. The van der Waals surface area contributed by atoms with Crippen molar-refractivity contribution in [2.75, 3.05) is 7.11 Å². The van der Waals surface area contributed by atoms with Gasteiger partial charge in [-0.3, -0.25) is 14.8 Å². The molecule has 0 aliphatic carbocycles. The van der Waals surface area contributed by atoms with Crippen LogP contribution in [0.1, 0.15) is 45.1 Å². The topological polar surface area (TPSA) is 52.1 Å². The van der Waals surface area contributed by atoms with E-state index in [1.165, 1.54) is 25.6 Å². The van der Waals surface area contributed by atoms with Gasteiger partial charge >= 0.3 is 12.4 Å². The van der Waals surface area contributed by atoms with Crippen molar-refractivity contribution < 1.29 is 35.9 Å². The Labute approximate surface area is 178 Å². The molecule has 0 bridgehead atoms. The highest BCUT2D eigenvalue weighted by molar-refractivity contribution is 5.99. The standard InChI is InChI=1S/C22H16F6N2O2/c1-32-19-8-10-29-12-16(19)18(31)11-15(13-4-6-14(7-5-13)21(23,24)25)20-17(22(26,27)28)3-2-9-30-20/h2-10,12,15H,11H2,1H3/t15-/m0/s1. The molecule has 1 atom stereocenters. The van der Waals surface area contributed by atoms with Crippen LogP contribution in [0.3, 0.4) is 0 Å². The number of ether oxygens (including phenoxy) is 1. The Balaban J connectivity index is 2.10. The molecule has 2 aromatic heterocycles. The molecule has 4 nitrogen and oxygen atoms in total. The highest BCUT2D eigenvalue weighted by Crippen LogP contribution is 2.39. The van der Waals surface area contributed by atoms with E-state index in [9.17, 15) is 31.1 Å². The summed E-state index contributed by atoms with van der Waals surface area (Å²) in [5, 5.41) is 0. The summed E-state index contributed by atoms with van der Waals surface area (Å²) < 4.78 is 84.8. The molecule has 0 fully saturated rings. The number of methoxy groups -OCH3 is 1. The van der Waals surface area contributed by atoms with Gasteiger partial charge < -0.3 is 4.74 Å². The molecule has 0 amide bonds. The Kier molecular flexibility index (Phi) is 6.52. The van der Waals surface area contributed by atoms with E-state index in [-0.39, 0.29) is 16.9 Å². The van der Waals surface area contributed by atoms with E-state index in [4.69, 9.17) is 4.74 Å². The summed E-state index contributed by atoms with van der Waals surface area (Å²) in [7, 11) is 1.32. The summed E-state index contributed by atoms with van der Waals surface area (Å²) in [5.74, 6) is -1.68. The normalized spacial score (nSPS) is 13.0. The van der Waals surface area contributed by atoms with Crippen molar-refractivity contribution in [1.29, 1.82) is 0 Å². The minimum Gasteiger partial charge on any atom is -0.496 e. The minimum atomic E-state index is -4.78. The third-order valence-corrected chi connectivity index (χ3v) is 4.81. The molecule has 168 valence electrons. The van der Waals surface area contributed by atoms with Gasteiger partial charge in [0.15, 0.2) is 5.78 Å². The fourth-order valence-corrected chi connectivity index (χ4v) is 3.28. The third kappa shape index (κ3) is 5.06. The van der Waals surface area contributed by atoms with Crippen LogP contribution in [0.25, 0.3) is 0 Å². The zero-order valence-corrected chi connectivity index (χ0v) is 16.5. The summed E-state index contributed by atoms with van der Waals surface area (Å²) in [6, 6.07) is 6.95. The zero-order valence-electron chi connectivity index (χ0n) is 16.5. The number of rotatable bonds is 6. The molecule has 0 aliphatic rings. The predicted octanol–water partition coefficient (Wildman–Crippen LogP) is 5.93. The molecule has 2 heterocycles. The number of hydrogen-bond donors (Lipinski definition) is 0. The second-order valence-corrected chi connectivity index (χ2v) is 6.81. The van der Waals surface area contributed by atoms with E-state index in [1.807, 2.05) is 0 Å². The predicted molar refractivity (Wildman–Crippen MR) is 102 cm³/mol. The second-order valence-electron chi connectivity index (χ2n) is 6.81. The molecule has 0 aliphatic heterocycles. The number of carbonyl (C=O) groups excluding carboxylic acids is 1. The van der Waals surface area contributed by atoms with Gasteiger partial charge in [0.2, 0.25) is 0 Å². The maximum absolute atomic E-state index is 13.6. The van der Waals surface area contributed by atoms with Gasteiger partial charge in [-0.15, -0.1) is 0 Å². The van der Waals surface area contributed by atoms with Crippen molar-refractivity contribution in [3.8, 4) is 5.75 Å². The highest BCUT2D eigenvalue weighted by atomic mass is 19.4. The van der Waals surface area contributed by atoms with Crippen molar-refractivity contribution in [3.05, 3.63) is 89.0 Å². The van der Waals surface area contributed by atoms with E-state index >= 15 is 0 Å². The van der Waals surface area contributed by atoms with E-state index in [2.05, 4.69) is 9.97 Å². The third-order valence-electron chi connectivity index (χ3n) is 4.81. The van der Waals surface area contributed by atoms with Crippen LogP contribution < -0.4 is 4.74 Å². The van der Waals surface area contributed by atoms with Crippen molar-refractivity contribution in [1.82, 2.24) is 9.97 Å². The fraction of sp³-hybridized carbons (Fsp3) is 0.227. The van der Waals surface area contributed by atoms with Crippen molar-refractivity contribution in [2.24, 2.45) is 0 Å². The van der Waals surface area contributed by atoms with E-state index in [1.54, 1.807) is 0 Å². The van der Waals surface area contributed by atoms with Crippen LogP contribution in [0.2, 0.25) is 0 Å². The van der Waals surface area contributed by atoms with Gasteiger partial charge in [-0.25, -0.2) is 0 Å². The van der Waals surface area contributed by atoms with Gasteiger partial charge in [0, 0.05) is 30.9 Å². The second kappa shape index (κ2) is 8.97. The van der Waals surface area contributed by atoms with Gasteiger partial charge in [-0.05, 0) is 35.9 Å². The first-order valence-corrected chi connectivity index (χ1v) is 9.23. The Hall–Kier alpha value is -3.43. The van der Waals surface area contributed by atoms with Gasteiger partial charge in [-0.2, -0.15) is 26.3 Å². The number of halogens is 6. The molecule has 1 aromatic carbocycles. The number of aromatic nitrogens is 2. The Morgan fingerprint density at radius 2 is 1.66 bits per heavy atom. The summed E-state index contributed by atoms with van der Waals surface area (Å²) in [6.07, 6.45) is -6.15.